The van der Waals surface area contributed by atoms with Crippen LogP contribution in [0, 0.1) is 0 Å². The van der Waals surface area contributed by atoms with E-state index in [4.69, 9.17) is 9.47 Å². The van der Waals surface area contributed by atoms with Crippen LogP contribution in [-0.4, -0.2) is 113 Å². The monoisotopic (exact) mass is 549 g/mol. The number of hydrogen-bond donors (Lipinski definition) is 2. The Morgan fingerprint density at radius 1 is 1.08 bits per heavy atom. The zero-order chi connectivity index (χ0) is 27.9. The summed E-state index contributed by atoms with van der Waals surface area (Å²) in [5, 5.41) is 5.11. The maximum atomic E-state index is 14.9. The SMILES string of the molecule is CCOc1cnc(NC(=O)N(C)[C@H]2CN(c3nccc(NC(=O)O[C@@H]4CN(C)CC[C@@H]4F)n3)CC[C@H]2F)cn1. The lowest BCUT2D eigenvalue weighted by Gasteiger charge is -2.39. The van der Waals surface area contributed by atoms with E-state index in [9.17, 15) is 18.4 Å². The van der Waals surface area contributed by atoms with Gasteiger partial charge < -0.3 is 24.2 Å². The molecule has 2 fully saturated rings. The first kappa shape index (κ1) is 28.1. The van der Waals surface area contributed by atoms with Crippen molar-refractivity contribution in [1.29, 1.82) is 0 Å². The predicted octanol–water partition coefficient (Wildman–Crippen LogP) is 2.34. The molecule has 4 rings (SSSR count). The summed E-state index contributed by atoms with van der Waals surface area (Å²) in [6.45, 7) is 3.58. The Morgan fingerprint density at radius 3 is 2.62 bits per heavy atom. The van der Waals surface area contributed by atoms with Crippen LogP contribution in [0.5, 0.6) is 5.88 Å². The average Bonchev–Trinajstić information content (AvgIpc) is 2.92. The summed E-state index contributed by atoms with van der Waals surface area (Å²) in [5.41, 5.74) is 0. The number of nitrogens with zero attached hydrogens (tertiary/aromatic N) is 7. The number of nitrogens with one attached hydrogen (secondary N) is 2. The first-order valence-corrected chi connectivity index (χ1v) is 12.7. The second kappa shape index (κ2) is 12.8. The molecule has 3 amide bonds. The molecule has 2 aliphatic rings. The highest BCUT2D eigenvalue weighted by Gasteiger charge is 2.36. The average molecular weight is 550 g/mol. The van der Waals surface area contributed by atoms with Gasteiger partial charge in [0.25, 0.3) is 0 Å². The van der Waals surface area contributed by atoms with E-state index in [2.05, 4.69) is 30.6 Å². The maximum Gasteiger partial charge on any atom is 0.413 e. The molecule has 2 N–H and O–H groups in total. The van der Waals surface area contributed by atoms with E-state index in [-0.39, 0.29) is 37.0 Å². The predicted molar refractivity (Wildman–Crippen MR) is 138 cm³/mol. The van der Waals surface area contributed by atoms with E-state index in [0.717, 1.165) is 0 Å². The third-order valence-corrected chi connectivity index (χ3v) is 6.57. The molecule has 15 heteroatoms. The highest BCUT2D eigenvalue weighted by atomic mass is 19.1. The van der Waals surface area contributed by atoms with Gasteiger partial charge in [-0.05, 0) is 32.9 Å². The van der Waals surface area contributed by atoms with Gasteiger partial charge in [0.2, 0.25) is 11.8 Å². The standard InChI is InChI=1S/C24H33F2N9O4/c1-4-38-21-12-28-20(11-29-21)31-23(36)34(3)17-13-35(10-7-15(17)25)22-27-8-5-19(30-22)32-24(37)39-18-14-33(2)9-6-16(18)26/h5,8,11-12,15-18H,4,6-7,9-10,13-14H2,1-3H3,(H,28,31,36)(H,27,30,32,37)/t15-,16+,17+,18-/m1/s1. The van der Waals surface area contributed by atoms with Gasteiger partial charge in [-0.3, -0.25) is 10.6 Å². The number of ether oxygens (including phenoxy) is 2. The first-order valence-electron chi connectivity index (χ1n) is 12.7. The Bertz CT molecular complexity index is 1130. The number of rotatable bonds is 7. The minimum atomic E-state index is -1.28. The number of hydrogen-bond acceptors (Lipinski definition) is 10. The molecule has 0 bridgehead atoms. The summed E-state index contributed by atoms with van der Waals surface area (Å²) < 4.78 is 39.6. The van der Waals surface area contributed by atoms with E-state index in [1.54, 1.807) is 4.90 Å². The number of likely N-dealkylation sites (tertiary alicyclic amines) is 1. The fourth-order valence-corrected chi connectivity index (χ4v) is 4.40. The lowest BCUT2D eigenvalue weighted by Crippen LogP contribution is -2.55. The molecular weight excluding hydrogens is 516 g/mol. The van der Waals surface area contributed by atoms with Crippen LogP contribution in [0.4, 0.5) is 36.0 Å². The van der Waals surface area contributed by atoms with Crippen LogP contribution in [-0.2, 0) is 4.74 Å². The van der Waals surface area contributed by atoms with Crippen LogP contribution in [0.1, 0.15) is 19.8 Å². The number of amides is 3. The summed E-state index contributed by atoms with van der Waals surface area (Å²) in [6.07, 6.45) is 0.415. The molecule has 2 saturated heterocycles. The van der Waals surface area contributed by atoms with Gasteiger partial charge in [-0.2, -0.15) is 4.98 Å². The molecule has 4 heterocycles. The van der Waals surface area contributed by atoms with Gasteiger partial charge in [-0.15, -0.1) is 0 Å². The number of carbonyl (C=O) groups is 2. The third-order valence-electron chi connectivity index (χ3n) is 6.57. The van der Waals surface area contributed by atoms with E-state index in [1.165, 1.54) is 36.6 Å². The molecule has 0 aliphatic carbocycles. The minimum absolute atomic E-state index is 0.117. The molecular formula is C24H33F2N9O4. The molecule has 212 valence electrons. The van der Waals surface area contributed by atoms with Crippen LogP contribution >= 0.6 is 0 Å². The van der Waals surface area contributed by atoms with Crippen LogP contribution in [0.2, 0.25) is 0 Å². The van der Waals surface area contributed by atoms with Crippen LogP contribution in [0.25, 0.3) is 0 Å². The van der Waals surface area contributed by atoms with Gasteiger partial charge in [0.1, 0.15) is 24.3 Å². The normalized spacial score (nSPS) is 23.6. The summed E-state index contributed by atoms with van der Waals surface area (Å²) in [5.74, 6) is 0.931. The number of piperidine rings is 2. The van der Waals surface area contributed by atoms with Crippen molar-refractivity contribution in [2.24, 2.45) is 0 Å². The number of carbonyl (C=O) groups excluding carboxylic acids is 2. The Balaban J connectivity index is 1.35. The second-order valence-corrected chi connectivity index (χ2v) is 9.41. The smallest absolute Gasteiger partial charge is 0.413 e. The number of halogens is 2. The molecule has 0 saturated carbocycles. The van der Waals surface area contributed by atoms with Crippen molar-refractivity contribution in [3.8, 4) is 5.88 Å². The zero-order valence-electron chi connectivity index (χ0n) is 22.1. The van der Waals surface area contributed by atoms with Gasteiger partial charge in [-0.25, -0.2) is 33.3 Å². The molecule has 2 aromatic heterocycles. The van der Waals surface area contributed by atoms with E-state index in [1.807, 2.05) is 18.9 Å². The Hall–Kier alpha value is -3.88. The highest BCUT2D eigenvalue weighted by Crippen LogP contribution is 2.24. The van der Waals surface area contributed by atoms with Crippen molar-refractivity contribution < 1.29 is 27.8 Å². The molecule has 2 aromatic rings. The van der Waals surface area contributed by atoms with Gasteiger partial charge in [0.05, 0.1) is 25.0 Å². The molecule has 0 aromatic carbocycles. The second-order valence-electron chi connectivity index (χ2n) is 9.41. The molecule has 4 atom stereocenters. The molecule has 0 spiro atoms. The van der Waals surface area contributed by atoms with E-state index >= 15 is 0 Å². The number of alkyl halides is 2. The molecule has 39 heavy (non-hydrogen) atoms. The van der Waals surface area contributed by atoms with E-state index < -0.39 is 36.6 Å². The summed E-state index contributed by atoms with van der Waals surface area (Å²) in [6, 6.07) is 0.118. The summed E-state index contributed by atoms with van der Waals surface area (Å²) in [4.78, 5) is 46.8. The quantitative estimate of drug-likeness (QED) is 0.529. The molecule has 13 nitrogen and oxygen atoms in total. The van der Waals surface area contributed by atoms with Crippen molar-refractivity contribution in [2.45, 2.75) is 44.3 Å². The van der Waals surface area contributed by atoms with Gasteiger partial charge in [-0.1, -0.05) is 0 Å². The topological polar surface area (TPSA) is 138 Å². The van der Waals surface area contributed by atoms with Gasteiger partial charge >= 0.3 is 12.1 Å². The Morgan fingerprint density at radius 2 is 1.87 bits per heavy atom. The zero-order valence-corrected chi connectivity index (χ0v) is 22.1. The van der Waals surface area contributed by atoms with Crippen molar-refractivity contribution in [3.05, 3.63) is 24.7 Å². The third kappa shape index (κ3) is 7.37. The Kier molecular flexibility index (Phi) is 9.22. The maximum absolute atomic E-state index is 14.9. The largest absolute Gasteiger partial charge is 0.477 e. The number of anilines is 3. The number of urea groups is 1. The van der Waals surface area contributed by atoms with Gasteiger partial charge in [0, 0.05) is 39.4 Å². The molecule has 0 radical (unpaired) electrons. The highest BCUT2D eigenvalue weighted by molar-refractivity contribution is 5.88. The first-order chi connectivity index (χ1) is 18.7. The van der Waals surface area contributed by atoms with Crippen molar-refractivity contribution in [2.75, 3.05) is 62.4 Å². The number of likely N-dealkylation sites (N-methyl/N-ethyl adjacent to an activating group) is 2. The molecule has 2 aliphatic heterocycles. The van der Waals surface area contributed by atoms with Crippen LogP contribution in [0.15, 0.2) is 24.7 Å². The minimum Gasteiger partial charge on any atom is -0.477 e. The summed E-state index contributed by atoms with van der Waals surface area (Å²) in [7, 11) is 3.33. The summed E-state index contributed by atoms with van der Waals surface area (Å²) >= 11 is 0. The Labute approximate surface area is 224 Å². The van der Waals surface area contributed by atoms with Crippen LogP contribution < -0.4 is 20.3 Å². The van der Waals surface area contributed by atoms with Crippen molar-refractivity contribution >= 4 is 29.7 Å². The lowest BCUT2D eigenvalue weighted by molar-refractivity contribution is 0.00188. The fraction of sp³-hybridized carbons (Fsp3) is 0.583. The lowest BCUT2D eigenvalue weighted by atomic mass is 10.0. The fourth-order valence-electron chi connectivity index (χ4n) is 4.40. The van der Waals surface area contributed by atoms with Crippen molar-refractivity contribution in [1.82, 2.24) is 29.7 Å². The van der Waals surface area contributed by atoms with Crippen LogP contribution in [0.3, 0.4) is 0 Å². The number of aromatic nitrogens is 4. The van der Waals surface area contributed by atoms with E-state index in [0.29, 0.717) is 32.1 Å². The molecule has 0 unspecified atom stereocenters. The van der Waals surface area contributed by atoms with Gasteiger partial charge in [0.15, 0.2) is 5.82 Å². The van der Waals surface area contributed by atoms with Crippen molar-refractivity contribution in [3.63, 3.8) is 0 Å².